The summed E-state index contributed by atoms with van der Waals surface area (Å²) in [7, 11) is 0. The second-order valence-electron chi connectivity index (χ2n) is 5.66. The number of rotatable bonds is 5. The first-order valence-corrected chi connectivity index (χ1v) is 8.01. The molecule has 0 radical (unpaired) electrons. The molecule has 0 aliphatic rings. The second-order valence-corrected chi connectivity index (χ2v) is 5.66. The molecule has 0 unspecified atom stereocenters. The number of anilines is 1. The highest BCUT2D eigenvalue weighted by Crippen LogP contribution is 2.31. The number of amides is 3. The van der Waals surface area contributed by atoms with E-state index in [2.05, 4.69) is 5.32 Å². The molecule has 0 aliphatic heterocycles. The molecule has 12 heteroatoms. The fourth-order valence-corrected chi connectivity index (χ4v) is 2.08. The van der Waals surface area contributed by atoms with Gasteiger partial charge in [0.25, 0.3) is 11.6 Å². The summed E-state index contributed by atoms with van der Waals surface area (Å²) in [6.45, 7) is 1.27. The van der Waals surface area contributed by atoms with Gasteiger partial charge in [-0.05, 0) is 31.2 Å². The fourth-order valence-electron chi connectivity index (χ4n) is 2.08. The number of benzene rings is 2. The number of halogens is 3. The van der Waals surface area contributed by atoms with Gasteiger partial charge in [-0.3, -0.25) is 20.3 Å². The monoisotopic (exact) mass is 412 g/mol. The van der Waals surface area contributed by atoms with Crippen LogP contribution in [0.2, 0.25) is 0 Å². The maximum atomic E-state index is 12.7. The Bertz CT molecular complexity index is 920. The third-order valence-corrected chi connectivity index (χ3v) is 3.46. The highest BCUT2D eigenvalue weighted by atomic mass is 19.4. The van der Waals surface area contributed by atoms with E-state index in [1.807, 2.05) is 10.9 Å². The number of hydrogen-bond acceptors (Lipinski definition) is 5. The normalized spacial score (nSPS) is 11.9. The van der Waals surface area contributed by atoms with Crippen LogP contribution < -0.4 is 20.9 Å². The van der Waals surface area contributed by atoms with Crippen LogP contribution in [0.25, 0.3) is 0 Å². The minimum absolute atomic E-state index is 0.110. The summed E-state index contributed by atoms with van der Waals surface area (Å²) in [5.74, 6) is -1.01. The number of nitrogens with zero attached hydrogens (tertiary/aromatic N) is 1. The number of hydrazine groups is 1. The molecule has 0 aliphatic carbocycles. The molecule has 3 N–H and O–H groups in total. The predicted octanol–water partition coefficient (Wildman–Crippen LogP) is 3.23. The highest BCUT2D eigenvalue weighted by Gasteiger charge is 2.31. The summed E-state index contributed by atoms with van der Waals surface area (Å²) >= 11 is 0. The Morgan fingerprint density at radius 1 is 1.10 bits per heavy atom. The summed E-state index contributed by atoms with van der Waals surface area (Å²) in [6.07, 6.45) is -5.78. The first kappa shape index (κ1) is 21.5. The topological polar surface area (TPSA) is 123 Å². The largest absolute Gasteiger partial charge is 0.481 e. The van der Waals surface area contributed by atoms with Gasteiger partial charge in [0.1, 0.15) is 5.75 Å². The van der Waals surface area contributed by atoms with Gasteiger partial charge in [-0.15, -0.1) is 0 Å². The predicted molar refractivity (Wildman–Crippen MR) is 94.9 cm³/mol. The lowest BCUT2D eigenvalue weighted by molar-refractivity contribution is -0.384. The van der Waals surface area contributed by atoms with Gasteiger partial charge < -0.3 is 10.1 Å². The van der Waals surface area contributed by atoms with E-state index in [9.17, 15) is 32.9 Å². The summed E-state index contributed by atoms with van der Waals surface area (Å²) in [5.41, 5.74) is 2.96. The van der Waals surface area contributed by atoms with Gasteiger partial charge in [0.05, 0.1) is 10.5 Å². The quantitative estimate of drug-likeness (QED) is 0.514. The Hall–Kier alpha value is -3.83. The standard InChI is InChI=1S/C17H15F3N4O5/c1-10(29-14-7-2-4-11(8-14)17(18,19)20)15(25)22-23-16(26)21-12-5-3-6-13(9-12)24(27)28/h2-10H,1H3,(H,22,25)(H2,21,23,26)/t10-/m0/s1. The average Bonchev–Trinajstić information content (AvgIpc) is 2.65. The maximum absolute atomic E-state index is 12.7. The Morgan fingerprint density at radius 3 is 2.45 bits per heavy atom. The molecule has 29 heavy (non-hydrogen) atoms. The van der Waals surface area contributed by atoms with Crippen molar-refractivity contribution in [2.45, 2.75) is 19.2 Å². The number of nitrogens with one attached hydrogen (secondary N) is 3. The van der Waals surface area contributed by atoms with Gasteiger partial charge in [0.2, 0.25) is 0 Å². The number of carbonyl (C=O) groups is 2. The molecule has 154 valence electrons. The van der Waals surface area contributed by atoms with E-state index in [1.54, 1.807) is 0 Å². The summed E-state index contributed by atoms with van der Waals surface area (Å²) < 4.78 is 43.2. The zero-order valence-electron chi connectivity index (χ0n) is 14.8. The Labute approximate surface area is 162 Å². The van der Waals surface area contributed by atoms with Crippen molar-refractivity contribution in [1.82, 2.24) is 10.9 Å². The average molecular weight is 412 g/mol. The molecule has 2 aromatic carbocycles. The molecule has 3 amide bonds. The van der Waals surface area contributed by atoms with Crippen LogP contribution >= 0.6 is 0 Å². The van der Waals surface area contributed by atoms with Gasteiger partial charge in [-0.25, -0.2) is 10.2 Å². The van der Waals surface area contributed by atoms with Crippen molar-refractivity contribution < 1.29 is 32.4 Å². The maximum Gasteiger partial charge on any atom is 0.416 e. The van der Waals surface area contributed by atoms with Crippen LogP contribution in [0.4, 0.5) is 29.3 Å². The molecule has 0 fully saturated rings. The van der Waals surface area contributed by atoms with E-state index in [4.69, 9.17) is 4.74 Å². The van der Waals surface area contributed by atoms with Crippen LogP contribution in [0.3, 0.4) is 0 Å². The number of carbonyl (C=O) groups excluding carboxylic acids is 2. The molecule has 0 bridgehead atoms. The number of nitro groups is 1. The second kappa shape index (κ2) is 8.91. The van der Waals surface area contributed by atoms with Crippen molar-refractivity contribution >= 4 is 23.3 Å². The lowest BCUT2D eigenvalue weighted by Crippen LogP contribution is -2.48. The fraction of sp³-hybridized carbons (Fsp3) is 0.176. The Kier molecular flexibility index (Phi) is 6.59. The van der Waals surface area contributed by atoms with Crippen molar-refractivity contribution in [2.75, 3.05) is 5.32 Å². The molecular formula is C17H15F3N4O5. The molecule has 9 nitrogen and oxygen atoms in total. The van der Waals surface area contributed by atoms with Crippen LogP contribution in [-0.2, 0) is 11.0 Å². The van der Waals surface area contributed by atoms with Crippen LogP contribution in [0.15, 0.2) is 48.5 Å². The molecule has 1 atom stereocenters. The number of non-ortho nitro benzene ring substituents is 1. The van der Waals surface area contributed by atoms with Crippen molar-refractivity contribution in [2.24, 2.45) is 0 Å². The van der Waals surface area contributed by atoms with Crippen molar-refractivity contribution in [3.05, 3.63) is 64.2 Å². The summed E-state index contributed by atoms with van der Waals surface area (Å²) in [4.78, 5) is 33.8. The van der Waals surface area contributed by atoms with E-state index in [0.29, 0.717) is 0 Å². The van der Waals surface area contributed by atoms with Gasteiger partial charge in [-0.1, -0.05) is 12.1 Å². The smallest absolute Gasteiger partial charge is 0.416 e. The summed E-state index contributed by atoms with van der Waals surface area (Å²) in [5, 5.41) is 13.0. The first-order valence-electron chi connectivity index (χ1n) is 8.01. The number of ether oxygens (including phenoxy) is 1. The molecule has 0 saturated heterocycles. The minimum atomic E-state index is -4.56. The van der Waals surface area contributed by atoms with E-state index in [0.717, 1.165) is 24.3 Å². The lowest BCUT2D eigenvalue weighted by atomic mass is 10.2. The van der Waals surface area contributed by atoms with E-state index >= 15 is 0 Å². The molecule has 0 aromatic heterocycles. The number of hydrogen-bond donors (Lipinski definition) is 3. The van der Waals surface area contributed by atoms with Gasteiger partial charge in [0.15, 0.2) is 6.10 Å². The molecular weight excluding hydrogens is 397 g/mol. The summed E-state index contributed by atoms with van der Waals surface area (Å²) in [6, 6.07) is 8.19. The third-order valence-electron chi connectivity index (χ3n) is 3.46. The molecule has 0 saturated carbocycles. The van der Waals surface area contributed by atoms with Crippen LogP contribution in [-0.4, -0.2) is 23.0 Å². The highest BCUT2D eigenvalue weighted by molar-refractivity contribution is 5.91. The lowest BCUT2D eigenvalue weighted by Gasteiger charge is -2.16. The van der Waals surface area contributed by atoms with Crippen molar-refractivity contribution in [1.29, 1.82) is 0 Å². The minimum Gasteiger partial charge on any atom is -0.481 e. The number of nitro benzene ring substituents is 1. The van der Waals surface area contributed by atoms with Crippen molar-refractivity contribution in [3.63, 3.8) is 0 Å². The molecule has 0 heterocycles. The molecule has 0 spiro atoms. The zero-order valence-corrected chi connectivity index (χ0v) is 14.8. The molecule has 2 rings (SSSR count). The number of alkyl halides is 3. The van der Waals surface area contributed by atoms with Crippen LogP contribution in [0.1, 0.15) is 12.5 Å². The zero-order chi connectivity index (χ0) is 21.6. The first-order chi connectivity index (χ1) is 13.6. The number of urea groups is 1. The van der Waals surface area contributed by atoms with Gasteiger partial charge in [0, 0.05) is 17.8 Å². The van der Waals surface area contributed by atoms with Gasteiger partial charge >= 0.3 is 12.2 Å². The van der Waals surface area contributed by atoms with Crippen LogP contribution in [0.5, 0.6) is 5.75 Å². The van der Waals surface area contributed by atoms with E-state index < -0.39 is 34.7 Å². The van der Waals surface area contributed by atoms with E-state index in [-0.39, 0.29) is 17.1 Å². The van der Waals surface area contributed by atoms with Crippen molar-refractivity contribution in [3.8, 4) is 5.75 Å². The van der Waals surface area contributed by atoms with Gasteiger partial charge in [-0.2, -0.15) is 13.2 Å². The SMILES string of the molecule is C[C@H](Oc1cccc(C(F)(F)F)c1)C(=O)NNC(=O)Nc1cccc([N+](=O)[O-])c1. The Balaban J connectivity index is 1.88. The third kappa shape index (κ3) is 6.37. The Morgan fingerprint density at radius 2 is 1.79 bits per heavy atom. The molecule has 2 aromatic rings. The van der Waals surface area contributed by atoms with Crippen LogP contribution in [0, 0.1) is 10.1 Å². The van der Waals surface area contributed by atoms with E-state index in [1.165, 1.54) is 31.2 Å².